The van der Waals surface area contributed by atoms with Gasteiger partial charge in [0, 0.05) is 53.8 Å². The summed E-state index contributed by atoms with van der Waals surface area (Å²) in [4.78, 5) is 51.2. The molecule has 3 heterocycles. The Labute approximate surface area is 367 Å². The van der Waals surface area contributed by atoms with E-state index in [9.17, 15) is 29.4 Å². The smallest absolute Gasteiger partial charge is 0.410 e. The molecule has 13 heteroatoms. The lowest BCUT2D eigenvalue weighted by Crippen LogP contribution is -2.47. The van der Waals surface area contributed by atoms with Crippen LogP contribution in [-0.2, 0) is 20.3 Å². The summed E-state index contributed by atoms with van der Waals surface area (Å²) < 4.78 is 11.1. The first-order valence-corrected chi connectivity index (χ1v) is 21.2. The van der Waals surface area contributed by atoms with E-state index in [1.807, 2.05) is 96.3 Å². The Bertz CT molecular complexity index is 2320. The SMILES string of the molecule is CC(C)(C)OC(=O)N1CCC(c2ccc(C(=O)O)cc2)(c2ccc(-c3cn[nH]c3)cc2)CC1.CC(C)(C)OC(=O)N1CCC(c2ccc(Cl)cc2)(c2ccc(C(=O)O)cc2)CC1. The number of aromatic carboxylic acids is 2. The van der Waals surface area contributed by atoms with E-state index in [2.05, 4.69) is 34.5 Å². The Morgan fingerprint density at radius 2 is 0.903 bits per heavy atom. The number of carboxylic acid groups (broad SMARTS) is 2. The van der Waals surface area contributed by atoms with Gasteiger partial charge < -0.3 is 29.5 Å². The molecule has 2 amide bonds. The summed E-state index contributed by atoms with van der Waals surface area (Å²) in [5, 5.41) is 26.0. The van der Waals surface area contributed by atoms with Crippen molar-refractivity contribution in [1.29, 1.82) is 0 Å². The van der Waals surface area contributed by atoms with E-state index in [1.165, 1.54) is 0 Å². The summed E-state index contributed by atoms with van der Waals surface area (Å²) in [6.07, 6.45) is 5.88. The molecule has 2 aliphatic heterocycles. The topological polar surface area (TPSA) is 162 Å². The first kappa shape index (κ1) is 45.4. The van der Waals surface area contributed by atoms with Gasteiger partial charge in [0.15, 0.2) is 0 Å². The Morgan fingerprint density at radius 1 is 0.565 bits per heavy atom. The van der Waals surface area contributed by atoms with Crippen molar-refractivity contribution in [3.63, 3.8) is 0 Å². The molecule has 1 aromatic heterocycles. The van der Waals surface area contributed by atoms with Gasteiger partial charge in [0.05, 0.1) is 17.3 Å². The van der Waals surface area contributed by atoms with E-state index >= 15 is 0 Å². The predicted octanol–water partition coefficient (Wildman–Crippen LogP) is 10.4. The number of rotatable bonds is 7. The summed E-state index contributed by atoms with van der Waals surface area (Å²) in [6.45, 7) is 13.4. The molecule has 0 radical (unpaired) electrons. The summed E-state index contributed by atoms with van der Waals surface area (Å²) >= 11 is 6.09. The first-order chi connectivity index (χ1) is 29.3. The maximum absolute atomic E-state index is 12.6. The van der Waals surface area contributed by atoms with E-state index in [-0.39, 0.29) is 34.1 Å². The Balaban J connectivity index is 0.000000209. The molecule has 0 aliphatic carbocycles. The lowest BCUT2D eigenvalue weighted by Gasteiger charge is -2.43. The number of hydrogen-bond acceptors (Lipinski definition) is 7. The van der Waals surface area contributed by atoms with Crippen molar-refractivity contribution in [1.82, 2.24) is 20.0 Å². The van der Waals surface area contributed by atoms with Crippen LogP contribution in [0.2, 0.25) is 5.02 Å². The molecule has 2 fully saturated rings. The fourth-order valence-electron chi connectivity index (χ4n) is 8.31. The second kappa shape index (κ2) is 18.5. The Hall–Kier alpha value is -6.14. The molecule has 0 unspecified atom stereocenters. The van der Waals surface area contributed by atoms with Gasteiger partial charge in [-0.2, -0.15) is 5.10 Å². The minimum atomic E-state index is -0.947. The van der Waals surface area contributed by atoms with Crippen LogP contribution in [0.1, 0.15) is 110 Å². The average Bonchev–Trinajstić information content (AvgIpc) is 3.79. The van der Waals surface area contributed by atoms with Crippen LogP contribution in [0.15, 0.2) is 109 Å². The summed E-state index contributed by atoms with van der Waals surface area (Å²) in [6, 6.07) is 30.3. The van der Waals surface area contributed by atoms with Crippen LogP contribution in [0.4, 0.5) is 9.59 Å². The van der Waals surface area contributed by atoms with Gasteiger partial charge in [-0.25, -0.2) is 19.2 Å². The number of hydrogen-bond donors (Lipinski definition) is 3. The van der Waals surface area contributed by atoms with E-state index < -0.39 is 23.1 Å². The number of aromatic amines is 1. The van der Waals surface area contributed by atoms with Crippen molar-refractivity contribution in [3.8, 4) is 11.1 Å². The number of nitrogens with zero attached hydrogens (tertiary/aromatic N) is 3. The van der Waals surface area contributed by atoms with Crippen LogP contribution in [0.5, 0.6) is 0 Å². The molecule has 2 aliphatic rings. The van der Waals surface area contributed by atoms with Crippen LogP contribution >= 0.6 is 11.6 Å². The van der Waals surface area contributed by atoms with Gasteiger partial charge in [-0.3, -0.25) is 5.10 Å². The monoisotopic (exact) mass is 862 g/mol. The lowest BCUT2D eigenvalue weighted by molar-refractivity contribution is 0.0169. The number of carboxylic acids is 2. The fraction of sp³-hybridized carbons (Fsp3) is 0.367. The highest BCUT2D eigenvalue weighted by Crippen LogP contribution is 2.44. The van der Waals surface area contributed by atoms with Crippen LogP contribution in [-0.4, -0.2) is 91.7 Å². The molecule has 326 valence electrons. The van der Waals surface area contributed by atoms with Crippen LogP contribution < -0.4 is 0 Å². The second-order valence-electron chi connectivity index (χ2n) is 17.9. The maximum atomic E-state index is 12.6. The zero-order chi connectivity index (χ0) is 44.9. The molecule has 3 N–H and O–H groups in total. The number of ether oxygens (including phenoxy) is 2. The first-order valence-electron chi connectivity index (χ1n) is 20.8. The summed E-state index contributed by atoms with van der Waals surface area (Å²) in [7, 11) is 0. The van der Waals surface area contributed by atoms with Gasteiger partial charge in [-0.05, 0) is 131 Å². The Kier molecular flexibility index (Phi) is 13.5. The molecule has 5 aromatic rings. The van der Waals surface area contributed by atoms with Gasteiger partial charge in [-0.15, -0.1) is 0 Å². The second-order valence-corrected chi connectivity index (χ2v) is 18.4. The third kappa shape index (κ3) is 10.7. The number of H-pyrrole nitrogens is 1. The minimum absolute atomic E-state index is 0.256. The van der Waals surface area contributed by atoms with Crippen molar-refractivity contribution in [2.45, 2.75) is 89.3 Å². The molecular formula is C49H55ClN4O8. The molecule has 0 spiro atoms. The average molecular weight is 863 g/mol. The number of piperidine rings is 2. The standard InChI is InChI=1S/C26H29N3O4.C23H26ClNO4/c1-25(2,3)33-24(32)29-14-12-26(13-15-29,22-10-6-19(7-11-22)23(30)31)21-8-4-18(5-9-21)20-16-27-28-17-20;1-22(2,3)29-21(28)25-14-12-23(13-15-25,18-8-10-19(24)11-9-18)17-6-4-16(5-7-17)20(26)27/h4-11,16-17H,12-15H2,1-3H3,(H,27,28)(H,30,31);4-11H,12-15H2,1-3H3,(H,26,27). The molecule has 0 saturated carbocycles. The van der Waals surface area contributed by atoms with E-state index in [4.69, 9.17) is 21.1 Å². The third-order valence-corrected chi connectivity index (χ3v) is 11.8. The third-order valence-electron chi connectivity index (χ3n) is 11.6. The van der Waals surface area contributed by atoms with E-state index in [0.29, 0.717) is 56.9 Å². The number of amides is 2. The predicted molar refractivity (Wildman–Crippen MR) is 238 cm³/mol. The van der Waals surface area contributed by atoms with Crippen molar-refractivity contribution < 1.29 is 38.9 Å². The largest absolute Gasteiger partial charge is 0.478 e. The molecule has 12 nitrogen and oxygen atoms in total. The highest BCUT2D eigenvalue weighted by atomic mass is 35.5. The maximum Gasteiger partial charge on any atom is 0.410 e. The van der Waals surface area contributed by atoms with Crippen molar-refractivity contribution in [2.75, 3.05) is 26.2 Å². The molecule has 7 rings (SSSR count). The number of likely N-dealkylation sites (tertiary alicyclic amines) is 2. The number of aromatic nitrogens is 2. The zero-order valence-electron chi connectivity index (χ0n) is 36.1. The molecule has 2 saturated heterocycles. The minimum Gasteiger partial charge on any atom is -0.478 e. The van der Waals surface area contributed by atoms with Crippen LogP contribution in [0, 0.1) is 0 Å². The fourth-order valence-corrected chi connectivity index (χ4v) is 8.43. The number of carbonyl (C=O) groups is 4. The van der Waals surface area contributed by atoms with Crippen molar-refractivity contribution >= 4 is 35.7 Å². The molecule has 62 heavy (non-hydrogen) atoms. The number of benzene rings is 4. The Morgan fingerprint density at radius 3 is 1.21 bits per heavy atom. The normalized spacial score (nSPS) is 16.0. The highest BCUT2D eigenvalue weighted by Gasteiger charge is 2.41. The van der Waals surface area contributed by atoms with Crippen LogP contribution in [0.25, 0.3) is 11.1 Å². The van der Waals surface area contributed by atoms with Crippen molar-refractivity contribution in [3.05, 3.63) is 148 Å². The molecular weight excluding hydrogens is 808 g/mol. The molecule has 0 bridgehead atoms. The van der Waals surface area contributed by atoms with E-state index in [0.717, 1.165) is 33.4 Å². The highest BCUT2D eigenvalue weighted by molar-refractivity contribution is 6.30. The van der Waals surface area contributed by atoms with Crippen LogP contribution in [0.3, 0.4) is 0 Å². The van der Waals surface area contributed by atoms with E-state index in [1.54, 1.807) is 40.3 Å². The number of carbonyl (C=O) groups excluding carboxylic acids is 2. The van der Waals surface area contributed by atoms with Gasteiger partial charge in [0.25, 0.3) is 0 Å². The van der Waals surface area contributed by atoms with Gasteiger partial charge in [0.1, 0.15) is 11.2 Å². The van der Waals surface area contributed by atoms with Gasteiger partial charge >= 0.3 is 24.1 Å². The summed E-state index contributed by atoms with van der Waals surface area (Å²) in [5.74, 6) is -1.89. The van der Waals surface area contributed by atoms with Gasteiger partial charge in [-0.1, -0.05) is 72.3 Å². The zero-order valence-corrected chi connectivity index (χ0v) is 36.9. The van der Waals surface area contributed by atoms with Crippen molar-refractivity contribution in [2.24, 2.45) is 0 Å². The molecule has 4 aromatic carbocycles. The quantitative estimate of drug-likeness (QED) is 0.145. The number of halogens is 1. The van der Waals surface area contributed by atoms with Gasteiger partial charge in [0.2, 0.25) is 0 Å². The summed E-state index contributed by atoms with van der Waals surface area (Å²) in [5.41, 5.74) is 5.20. The lowest BCUT2D eigenvalue weighted by atomic mass is 9.68. The number of nitrogens with one attached hydrogen (secondary N) is 1. The molecule has 0 atom stereocenters.